The maximum Gasteiger partial charge on any atom is 0.234 e. The molecule has 86 valence electrons. The molecule has 0 aliphatic heterocycles. The predicted octanol–water partition coefficient (Wildman–Crippen LogP) is 2.74. The number of aromatic nitrogens is 4. The third-order valence-corrected chi connectivity index (χ3v) is 3.82. The van der Waals surface area contributed by atoms with Gasteiger partial charge in [0.1, 0.15) is 6.33 Å². The Morgan fingerprint density at radius 2 is 2.00 bits per heavy atom. The van der Waals surface area contributed by atoms with Crippen molar-refractivity contribution in [2.75, 3.05) is 5.73 Å². The Bertz CT molecular complexity index is 676. The van der Waals surface area contributed by atoms with Crippen molar-refractivity contribution >= 4 is 45.2 Å². The van der Waals surface area contributed by atoms with Gasteiger partial charge in [-0.05, 0) is 12.1 Å². The summed E-state index contributed by atoms with van der Waals surface area (Å²) in [5.74, 6) is 0. The Labute approximate surface area is 110 Å². The molecule has 0 saturated carbocycles. The number of hydrogen-bond donors (Lipinski definition) is 1. The number of benzene rings is 1. The van der Waals surface area contributed by atoms with E-state index in [0.29, 0.717) is 31.3 Å². The van der Waals surface area contributed by atoms with Gasteiger partial charge in [0.2, 0.25) is 4.96 Å². The lowest BCUT2D eigenvalue weighted by molar-refractivity contribution is 0.960. The highest BCUT2D eigenvalue weighted by Gasteiger charge is 2.16. The first-order valence-corrected chi connectivity index (χ1v) is 6.15. The third kappa shape index (κ3) is 1.65. The minimum absolute atomic E-state index is 0.420. The predicted molar refractivity (Wildman–Crippen MR) is 68.5 cm³/mol. The quantitative estimate of drug-likeness (QED) is 0.698. The van der Waals surface area contributed by atoms with Gasteiger partial charge in [-0.25, -0.2) is 0 Å². The van der Waals surface area contributed by atoms with Gasteiger partial charge in [0.25, 0.3) is 0 Å². The summed E-state index contributed by atoms with van der Waals surface area (Å²) < 4.78 is 1.57. The Balaban J connectivity index is 2.28. The Morgan fingerprint density at radius 3 is 2.76 bits per heavy atom. The molecule has 0 bridgehead atoms. The van der Waals surface area contributed by atoms with Crippen LogP contribution in [-0.4, -0.2) is 19.8 Å². The van der Waals surface area contributed by atoms with Crippen LogP contribution in [0.5, 0.6) is 0 Å². The van der Waals surface area contributed by atoms with Crippen molar-refractivity contribution < 1.29 is 0 Å². The lowest BCUT2D eigenvalue weighted by Crippen LogP contribution is -1.93. The van der Waals surface area contributed by atoms with E-state index < -0.39 is 0 Å². The fraction of sp³-hybridized carbons (Fsp3) is 0. The average Bonchev–Trinajstić information content (AvgIpc) is 2.84. The van der Waals surface area contributed by atoms with Gasteiger partial charge in [0, 0.05) is 0 Å². The number of halogens is 2. The summed E-state index contributed by atoms with van der Waals surface area (Å²) >= 11 is 13.4. The summed E-state index contributed by atoms with van der Waals surface area (Å²) in [5, 5.41) is 13.6. The van der Waals surface area contributed by atoms with E-state index in [1.807, 2.05) is 0 Å². The van der Waals surface area contributed by atoms with Crippen LogP contribution in [0.15, 0.2) is 18.5 Å². The molecule has 2 aromatic heterocycles. The van der Waals surface area contributed by atoms with Crippen LogP contribution in [0.25, 0.3) is 15.5 Å². The minimum Gasteiger partial charge on any atom is -0.397 e. The summed E-state index contributed by atoms with van der Waals surface area (Å²) in [6.45, 7) is 0. The van der Waals surface area contributed by atoms with Crippen molar-refractivity contribution in [3.63, 3.8) is 0 Å². The second kappa shape index (κ2) is 3.83. The van der Waals surface area contributed by atoms with Crippen LogP contribution >= 0.6 is 34.5 Å². The van der Waals surface area contributed by atoms with Gasteiger partial charge in [-0.1, -0.05) is 34.5 Å². The van der Waals surface area contributed by atoms with Crippen molar-refractivity contribution in [2.45, 2.75) is 0 Å². The largest absolute Gasteiger partial charge is 0.397 e. The van der Waals surface area contributed by atoms with E-state index in [4.69, 9.17) is 28.9 Å². The number of nitrogen functional groups attached to an aromatic ring is 1. The molecular weight excluding hydrogens is 281 g/mol. The van der Waals surface area contributed by atoms with E-state index in [-0.39, 0.29) is 0 Å². The summed E-state index contributed by atoms with van der Waals surface area (Å²) in [5.41, 5.74) is 6.97. The molecule has 0 radical (unpaired) electrons. The molecule has 0 saturated heterocycles. The highest BCUT2D eigenvalue weighted by atomic mass is 35.5. The first kappa shape index (κ1) is 10.8. The minimum atomic E-state index is 0.420. The van der Waals surface area contributed by atoms with Crippen LogP contribution in [0.2, 0.25) is 10.0 Å². The Morgan fingerprint density at radius 1 is 1.24 bits per heavy atom. The monoisotopic (exact) mass is 285 g/mol. The molecule has 0 atom stereocenters. The summed E-state index contributed by atoms with van der Waals surface area (Å²) in [7, 11) is 0. The molecule has 0 amide bonds. The maximum absolute atomic E-state index is 6.11. The van der Waals surface area contributed by atoms with Gasteiger partial charge in [-0.15, -0.1) is 10.2 Å². The van der Waals surface area contributed by atoms with E-state index in [1.165, 1.54) is 17.7 Å². The Kier molecular flexibility index (Phi) is 2.43. The van der Waals surface area contributed by atoms with Gasteiger partial charge in [0.15, 0.2) is 5.01 Å². The van der Waals surface area contributed by atoms with Crippen LogP contribution in [0.1, 0.15) is 0 Å². The van der Waals surface area contributed by atoms with Crippen LogP contribution in [0, 0.1) is 0 Å². The zero-order valence-electron chi connectivity index (χ0n) is 8.26. The SMILES string of the molecule is Nc1c(Cl)ccc(Cl)c1-c1nn2cnnc2s1. The second-order valence-electron chi connectivity index (χ2n) is 3.28. The molecule has 2 N–H and O–H groups in total. The van der Waals surface area contributed by atoms with Crippen molar-refractivity contribution in [2.24, 2.45) is 0 Å². The normalized spacial score (nSPS) is 11.2. The highest BCUT2D eigenvalue weighted by molar-refractivity contribution is 7.20. The molecule has 0 fully saturated rings. The molecule has 3 rings (SSSR count). The third-order valence-electron chi connectivity index (χ3n) is 2.24. The molecule has 2 heterocycles. The fourth-order valence-electron chi connectivity index (χ4n) is 1.45. The van der Waals surface area contributed by atoms with Crippen molar-refractivity contribution in [3.8, 4) is 10.6 Å². The molecule has 0 aliphatic carbocycles. The summed E-state index contributed by atoms with van der Waals surface area (Å²) in [4.78, 5) is 0.676. The van der Waals surface area contributed by atoms with E-state index in [9.17, 15) is 0 Å². The summed E-state index contributed by atoms with van der Waals surface area (Å²) in [6.07, 6.45) is 1.52. The van der Waals surface area contributed by atoms with Gasteiger partial charge in [0.05, 0.1) is 21.3 Å². The lowest BCUT2D eigenvalue weighted by Gasteiger charge is -2.05. The number of rotatable bonds is 1. The standard InChI is InChI=1S/C9H5Cl2N5S/c10-4-1-2-5(11)7(12)6(4)8-15-16-3-13-14-9(16)17-8/h1-3H,12H2. The van der Waals surface area contributed by atoms with Gasteiger partial charge >= 0.3 is 0 Å². The van der Waals surface area contributed by atoms with E-state index in [0.717, 1.165) is 0 Å². The van der Waals surface area contributed by atoms with E-state index in [1.54, 1.807) is 16.6 Å². The number of nitrogens with zero attached hydrogens (tertiary/aromatic N) is 4. The molecule has 0 unspecified atom stereocenters. The van der Waals surface area contributed by atoms with Crippen LogP contribution in [-0.2, 0) is 0 Å². The van der Waals surface area contributed by atoms with Crippen LogP contribution in [0.4, 0.5) is 5.69 Å². The second-order valence-corrected chi connectivity index (χ2v) is 5.05. The topological polar surface area (TPSA) is 69.1 Å². The van der Waals surface area contributed by atoms with E-state index >= 15 is 0 Å². The molecule has 3 aromatic rings. The number of hydrogen-bond acceptors (Lipinski definition) is 5. The van der Waals surface area contributed by atoms with Crippen molar-refractivity contribution in [1.29, 1.82) is 0 Å². The molecule has 17 heavy (non-hydrogen) atoms. The smallest absolute Gasteiger partial charge is 0.234 e. The number of anilines is 1. The number of nitrogens with two attached hydrogens (primary N) is 1. The molecular formula is C9H5Cl2N5S. The maximum atomic E-state index is 6.11. The van der Waals surface area contributed by atoms with Gasteiger partial charge < -0.3 is 5.73 Å². The molecule has 0 spiro atoms. The Hall–Kier alpha value is -1.37. The van der Waals surface area contributed by atoms with Crippen LogP contribution < -0.4 is 5.73 Å². The molecule has 5 nitrogen and oxygen atoms in total. The van der Waals surface area contributed by atoms with Crippen LogP contribution in [0.3, 0.4) is 0 Å². The van der Waals surface area contributed by atoms with E-state index in [2.05, 4.69) is 15.3 Å². The zero-order chi connectivity index (χ0) is 12.0. The van der Waals surface area contributed by atoms with Crippen molar-refractivity contribution in [3.05, 3.63) is 28.5 Å². The van der Waals surface area contributed by atoms with Gasteiger partial charge in [-0.3, -0.25) is 0 Å². The molecule has 0 aliphatic rings. The van der Waals surface area contributed by atoms with Gasteiger partial charge in [-0.2, -0.15) is 9.61 Å². The average molecular weight is 286 g/mol. The zero-order valence-corrected chi connectivity index (χ0v) is 10.6. The lowest BCUT2D eigenvalue weighted by atomic mass is 10.2. The summed E-state index contributed by atoms with van der Waals surface area (Å²) in [6, 6.07) is 3.35. The molecule has 8 heteroatoms. The first-order valence-electron chi connectivity index (χ1n) is 4.57. The molecule has 1 aromatic carbocycles. The number of fused-ring (bicyclic) bond motifs is 1. The fourth-order valence-corrected chi connectivity index (χ4v) is 2.81. The highest BCUT2D eigenvalue weighted by Crippen LogP contribution is 2.39. The first-order chi connectivity index (χ1) is 8.16. The van der Waals surface area contributed by atoms with Crippen molar-refractivity contribution in [1.82, 2.24) is 19.8 Å².